The molecule has 5 rings (SSSR count). The highest BCUT2D eigenvalue weighted by molar-refractivity contribution is 5.99. The molecule has 0 aliphatic carbocycles. The summed E-state index contributed by atoms with van der Waals surface area (Å²) < 4.78 is 17.7. The van der Waals surface area contributed by atoms with Crippen LogP contribution in [0.2, 0.25) is 0 Å². The van der Waals surface area contributed by atoms with E-state index in [4.69, 9.17) is 13.9 Å². The van der Waals surface area contributed by atoms with E-state index in [-0.39, 0.29) is 17.1 Å². The van der Waals surface area contributed by atoms with Gasteiger partial charge in [0.2, 0.25) is 5.76 Å². The van der Waals surface area contributed by atoms with Gasteiger partial charge in [0.25, 0.3) is 5.91 Å². The van der Waals surface area contributed by atoms with Crippen LogP contribution < -0.4 is 14.9 Å². The van der Waals surface area contributed by atoms with Crippen molar-refractivity contribution in [3.63, 3.8) is 0 Å². The molecule has 1 aromatic heterocycles. The monoisotopic (exact) mass is 484 g/mol. The number of hydrogen-bond acceptors (Lipinski definition) is 6. The van der Waals surface area contributed by atoms with Crippen molar-refractivity contribution >= 4 is 16.9 Å². The van der Waals surface area contributed by atoms with E-state index in [2.05, 4.69) is 0 Å². The first-order chi connectivity index (χ1) is 17.5. The fourth-order valence-electron chi connectivity index (χ4n) is 4.56. The van der Waals surface area contributed by atoms with Crippen LogP contribution >= 0.6 is 0 Å². The lowest BCUT2D eigenvalue weighted by Crippen LogP contribution is -2.35. The van der Waals surface area contributed by atoms with Crippen LogP contribution in [0, 0.1) is 0 Å². The number of likely N-dealkylation sites (N-methyl/N-ethyl adjacent to an activating group) is 1. The second kappa shape index (κ2) is 9.87. The molecule has 0 bridgehead atoms. The van der Waals surface area contributed by atoms with Gasteiger partial charge in [-0.05, 0) is 49.5 Å². The molecule has 36 heavy (non-hydrogen) atoms. The van der Waals surface area contributed by atoms with Gasteiger partial charge < -0.3 is 23.7 Å². The number of rotatable bonds is 8. The third kappa shape index (κ3) is 4.33. The number of benzene rings is 3. The van der Waals surface area contributed by atoms with Crippen LogP contribution in [-0.4, -0.2) is 50.0 Å². The Morgan fingerprint density at radius 1 is 0.944 bits per heavy atom. The van der Waals surface area contributed by atoms with Crippen molar-refractivity contribution in [3.05, 3.63) is 105 Å². The summed E-state index contributed by atoms with van der Waals surface area (Å²) in [4.78, 5) is 30.8. The van der Waals surface area contributed by atoms with Crippen molar-refractivity contribution in [3.8, 4) is 11.5 Å². The van der Waals surface area contributed by atoms with Crippen LogP contribution in [0.15, 0.2) is 82.0 Å². The normalized spacial score (nSPS) is 14.9. The number of fused-ring (bicyclic) bond motifs is 2. The second-order valence-corrected chi connectivity index (χ2v) is 9.06. The van der Waals surface area contributed by atoms with E-state index in [9.17, 15) is 9.59 Å². The maximum absolute atomic E-state index is 13.6. The van der Waals surface area contributed by atoms with Crippen LogP contribution in [0.1, 0.15) is 33.3 Å². The SMILES string of the molecule is COc1cc([C@H]2c3c(oc4ccccc4c3=O)C(=O)N2CCN(C)C)ccc1OCc1ccccc1. The number of para-hydroxylation sites is 1. The van der Waals surface area contributed by atoms with E-state index in [0.717, 1.165) is 11.1 Å². The summed E-state index contributed by atoms with van der Waals surface area (Å²) in [6.07, 6.45) is 0. The lowest BCUT2D eigenvalue weighted by Gasteiger charge is -2.27. The average Bonchev–Trinajstić information content (AvgIpc) is 3.18. The summed E-state index contributed by atoms with van der Waals surface area (Å²) in [5.41, 5.74) is 2.37. The molecular formula is C29H28N2O5. The molecule has 1 amide bonds. The maximum Gasteiger partial charge on any atom is 0.290 e. The van der Waals surface area contributed by atoms with Crippen LogP contribution in [0.5, 0.6) is 11.5 Å². The average molecular weight is 485 g/mol. The third-order valence-electron chi connectivity index (χ3n) is 6.40. The summed E-state index contributed by atoms with van der Waals surface area (Å²) in [6.45, 7) is 1.47. The highest BCUT2D eigenvalue weighted by Gasteiger charge is 2.42. The predicted octanol–water partition coefficient (Wildman–Crippen LogP) is 4.49. The lowest BCUT2D eigenvalue weighted by atomic mass is 9.98. The summed E-state index contributed by atoms with van der Waals surface area (Å²) in [5.74, 6) is 0.927. The number of nitrogens with zero attached hydrogens (tertiary/aromatic N) is 2. The molecule has 0 spiro atoms. The first-order valence-corrected chi connectivity index (χ1v) is 11.8. The smallest absolute Gasteiger partial charge is 0.290 e. The predicted molar refractivity (Wildman–Crippen MR) is 138 cm³/mol. The van der Waals surface area contributed by atoms with Crippen LogP contribution in [-0.2, 0) is 6.61 Å². The third-order valence-corrected chi connectivity index (χ3v) is 6.40. The zero-order valence-corrected chi connectivity index (χ0v) is 20.6. The van der Waals surface area contributed by atoms with Gasteiger partial charge in [0.15, 0.2) is 16.9 Å². The van der Waals surface area contributed by atoms with E-state index >= 15 is 0 Å². The topological polar surface area (TPSA) is 72.2 Å². The van der Waals surface area contributed by atoms with Crippen LogP contribution in [0.25, 0.3) is 11.0 Å². The molecular weight excluding hydrogens is 456 g/mol. The molecule has 0 unspecified atom stereocenters. The number of hydrogen-bond donors (Lipinski definition) is 0. The first-order valence-electron chi connectivity index (χ1n) is 11.8. The zero-order chi connectivity index (χ0) is 25.2. The first kappa shape index (κ1) is 23.6. The van der Waals surface area contributed by atoms with E-state index in [1.807, 2.05) is 67.5 Å². The molecule has 1 atom stereocenters. The summed E-state index contributed by atoms with van der Waals surface area (Å²) in [5, 5.41) is 0.457. The molecule has 184 valence electrons. The Morgan fingerprint density at radius 2 is 1.69 bits per heavy atom. The van der Waals surface area contributed by atoms with Gasteiger partial charge in [0, 0.05) is 13.1 Å². The Bertz CT molecular complexity index is 1460. The number of carbonyl (C=O) groups is 1. The largest absolute Gasteiger partial charge is 0.493 e. The number of carbonyl (C=O) groups excluding carboxylic acids is 1. The van der Waals surface area contributed by atoms with Gasteiger partial charge in [-0.25, -0.2) is 0 Å². The number of ether oxygens (including phenoxy) is 2. The van der Waals surface area contributed by atoms with Crippen molar-refractivity contribution in [1.29, 1.82) is 0 Å². The van der Waals surface area contributed by atoms with Gasteiger partial charge in [0.1, 0.15) is 12.2 Å². The molecule has 0 radical (unpaired) electrons. The molecule has 0 saturated carbocycles. The quantitative estimate of drug-likeness (QED) is 0.367. The summed E-state index contributed by atoms with van der Waals surface area (Å²) in [6, 6.07) is 21.9. The summed E-state index contributed by atoms with van der Waals surface area (Å²) in [7, 11) is 5.47. The number of methoxy groups -OCH3 is 1. The molecule has 1 aliphatic rings. The van der Waals surface area contributed by atoms with E-state index in [1.54, 1.807) is 36.3 Å². The minimum Gasteiger partial charge on any atom is -0.493 e. The van der Waals surface area contributed by atoms with Gasteiger partial charge >= 0.3 is 0 Å². The van der Waals surface area contributed by atoms with Gasteiger partial charge in [0.05, 0.1) is 24.1 Å². The molecule has 3 aromatic carbocycles. The van der Waals surface area contributed by atoms with Crippen molar-refractivity contribution in [2.75, 3.05) is 34.3 Å². The minimum atomic E-state index is -0.592. The standard InChI is InChI=1S/C29H28N2O5/c1-30(2)15-16-31-26(25-27(32)21-11-7-8-12-22(21)36-28(25)29(31)33)20-13-14-23(24(17-20)34-3)35-18-19-9-5-4-6-10-19/h4-14,17,26H,15-16,18H2,1-3H3/t26-/m0/s1. The Kier molecular flexibility index (Phi) is 6.48. The Balaban J connectivity index is 1.57. The van der Waals surface area contributed by atoms with E-state index < -0.39 is 6.04 Å². The summed E-state index contributed by atoms with van der Waals surface area (Å²) >= 11 is 0. The fraction of sp³-hybridized carbons (Fsp3) is 0.241. The minimum absolute atomic E-state index is 0.103. The van der Waals surface area contributed by atoms with E-state index in [1.165, 1.54) is 0 Å². The highest BCUT2D eigenvalue weighted by atomic mass is 16.5. The molecule has 0 N–H and O–H groups in total. The zero-order valence-electron chi connectivity index (χ0n) is 20.6. The Labute approximate surface area is 209 Å². The molecule has 7 nitrogen and oxygen atoms in total. The molecule has 0 saturated heterocycles. The van der Waals surface area contributed by atoms with Crippen LogP contribution in [0.4, 0.5) is 0 Å². The van der Waals surface area contributed by atoms with Crippen molar-refractivity contribution in [2.24, 2.45) is 0 Å². The van der Waals surface area contributed by atoms with Gasteiger partial charge in [-0.3, -0.25) is 9.59 Å². The maximum atomic E-state index is 13.6. The Hall–Kier alpha value is -4.10. The van der Waals surface area contributed by atoms with Crippen molar-refractivity contribution in [1.82, 2.24) is 9.80 Å². The Morgan fingerprint density at radius 3 is 2.44 bits per heavy atom. The van der Waals surface area contributed by atoms with Crippen molar-refractivity contribution < 1.29 is 18.7 Å². The van der Waals surface area contributed by atoms with Crippen molar-refractivity contribution in [2.45, 2.75) is 12.6 Å². The van der Waals surface area contributed by atoms with Crippen LogP contribution in [0.3, 0.4) is 0 Å². The lowest BCUT2D eigenvalue weighted by molar-refractivity contribution is 0.0716. The molecule has 7 heteroatoms. The molecule has 2 heterocycles. The van der Waals surface area contributed by atoms with Gasteiger partial charge in [-0.2, -0.15) is 0 Å². The van der Waals surface area contributed by atoms with E-state index in [0.29, 0.717) is 47.7 Å². The highest BCUT2D eigenvalue weighted by Crippen LogP contribution is 2.41. The molecule has 1 aliphatic heterocycles. The molecule has 4 aromatic rings. The molecule has 0 fully saturated rings. The van der Waals surface area contributed by atoms with Gasteiger partial charge in [-0.15, -0.1) is 0 Å². The fourth-order valence-corrected chi connectivity index (χ4v) is 4.56. The van der Waals surface area contributed by atoms with Gasteiger partial charge in [-0.1, -0.05) is 48.5 Å². The number of amides is 1. The second-order valence-electron chi connectivity index (χ2n) is 9.06.